The van der Waals surface area contributed by atoms with Crippen LogP contribution in [0.2, 0.25) is 0 Å². The van der Waals surface area contributed by atoms with Gasteiger partial charge in [-0.25, -0.2) is 0 Å². The van der Waals surface area contributed by atoms with Crippen LogP contribution in [0.15, 0.2) is 65.8 Å². The Balaban J connectivity index is 1.71. The summed E-state index contributed by atoms with van der Waals surface area (Å²) in [5, 5.41) is 12.9. The molecule has 0 amide bonds. The van der Waals surface area contributed by atoms with E-state index in [-0.39, 0.29) is 0 Å². The number of hydrogen-bond acceptors (Lipinski definition) is 4. The Morgan fingerprint density at radius 2 is 1.84 bits per heavy atom. The number of anilines is 1. The van der Waals surface area contributed by atoms with Crippen LogP contribution in [0.3, 0.4) is 0 Å². The molecule has 1 N–H and O–H groups in total. The van der Waals surface area contributed by atoms with E-state index in [2.05, 4.69) is 47.6 Å². The van der Waals surface area contributed by atoms with Crippen molar-refractivity contribution in [3.8, 4) is 17.2 Å². The van der Waals surface area contributed by atoms with Crippen molar-refractivity contribution in [1.82, 2.24) is 4.98 Å². The molecule has 0 saturated heterocycles. The van der Waals surface area contributed by atoms with Gasteiger partial charge >= 0.3 is 0 Å². The van der Waals surface area contributed by atoms with E-state index >= 15 is 0 Å². The van der Waals surface area contributed by atoms with Crippen LogP contribution in [0.5, 0.6) is 0 Å². The monoisotopic (exact) mass is 343 g/mol. The van der Waals surface area contributed by atoms with E-state index < -0.39 is 0 Å². The van der Waals surface area contributed by atoms with Crippen LogP contribution < -0.4 is 5.32 Å². The summed E-state index contributed by atoms with van der Waals surface area (Å²) in [4.78, 5) is 5.60. The van der Waals surface area contributed by atoms with Crippen LogP contribution in [0, 0.1) is 18.3 Å². The van der Waals surface area contributed by atoms with Gasteiger partial charge in [-0.2, -0.15) is 5.26 Å². The molecule has 3 nitrogen and oxygen atoms in total. The summed E-state index contributed by atoms with van der Waals surface area (Å²) in [7, 11) is 0. The number of hydrogen-bond donors (Lipinski definition) is 1. The minimum absolute atomic E-state index is 0.368. The molecule has 25 heavy (non-hydrogen) atoms. The summed E-state index contributed by atoms with van der Waals surface area (Å²) in [5.74, 6) is 0. The average Bonchev–Trinajstić information content (AvgIpc) is 2.68. The Kier molecular flexibility index (Phi) is 4.17. The lowest BCUT2D eigenvalue weighted by atomic mass is 10.1. The summed E-state index contributed by atoms with van der Waals surface area (Å²) in [6.07, 6.45) is 3.80. The van der Waals surface area contributed by atoms with Gasteiger partial charge in [-0.05, 0) is 30.2 Å². The lowest BCUT2D eigenvalue weighted by Gasteiger charge is -2.27. The van der Waals surface area contributed by atoms with E-state index in [0.717, 1.165) is 23.4 Å². The van der Waals surface area contributed by atoms with Crippen LogP contribution >= 0.6 is 11.8 Å². The summed E-state index contributed by atoms with van der Waals surface area (Å²) in [6.45, 7) is 3.00. The topological polar surface area (TPSA) is 48.7 Å². The summed E-state index contributed by atoms with van der Waals surface area (Å²) in [5.41, 5.74) is 6.55. The highest BCUT2D eigenvalue weighted by molar-refractivity contribution is 8.00. The van der Waals surface area contributed by atoms with E-state index in [4.69, 9.17) is 5.26 Å². The molecule has 1 atom stereocenters. The Hall–Kier alpha value is -2.77. The van der Waals surface area contributed by atoms with Crippen molar-refractivity contribution in [3.05, 3.63) is 77.6 Å². The summed E-state index contributed by atoms with van der Waals surface area (Å²) >= 11 is 1.88. The average molecular weight is 343 g/mol. The lowest BCUT2D eigenvalue weighted by Crippen LogP contribution is -2.16. The molecule has 1 aliphatic heterocycles. The maximum absolute atomic E-state index is 8.99. The van der Waals surface area contributed by atoms with Crippen molar-refractivity contribution in [2.45, 2.75) is 17.1 Å². The molecule has 0 bridgehead atoms. The Bertz CT molecular complexity index is 940. The molecule has 0 radical (unpaired) electrons. The Morgan fingerprint density at radius 3 is 2.56 bits per heavy atom. The van der Waals surface area contributed by atoms with Gasteiger partial charge in [0, 0.05) is 23.2 Å². The normalized spacial score (nSPS) is 15.8. The zero-order valence-corrected chi connectivity index (χ0v) is 14.7. The van der Waals surface area contributed by atoms with E-state index in [0.29, 0.717) is 10.8 Å². The van der Waals surface area contributed by atoms with E-state index in [9.17, 15) is 0 Å². The van der Waals surface area contributed by atoms with Gasteiger partial charge in [0.15, 0.2) is 0 Å². The Morgan fingerprint density at radius 1 is 1.08 bits per heavy atom. The van der Waals surface area contributed by atoms with Gasteiger partial charge < -0.3 is 5.32 Å². The van der Waals surface area contributed by atoms with Crippen LogP contribution in [0.1, 0.15) is 21.9 Å². The van der Waals surface area contributed by atoms with Gasteiger partial charge in [-0.15, -0.1) is 11.8 Å². The van der Waals surface area contributed by atoms with Gasteiger partial charge in [0.05, 0.1) is 28.8 Å². The van der Waals surface area contributed by atoms with Crippen molar-refractivity contribution < 1.29 is 0 Å². The predicted octanol–water partition coefficient (Wildman–Crippen LogP) is 5.19. The summed E-state index contributed by atoms with van der Waals surface area (Å²) < 4.78 is 0. The molecule has 1 aromatic heterocycles. The molecule has 1 unspecified atom stereocenters. The zero-order valence-electron chi connectivity index (χ0n) is 13.9. The number of pyridine rings is 1. The fourth-order valence-corrected chi connectivity index (χ4v) is 4.28. The highest BCUT2D eigenvalue weighted by Gasteiger charge is 2.23. The van der Waals surface area contributed by atoms with E-state index in [1.165, 1.54) is 16.0 Å². The molecule has 122 valence electrons. The van der Waals surface area contributed by atoms with Crippen LogP contribution in [-0.2, 0) is 0 Å². The number of nitriles is 1. The fraction of sp³-hybridized carbons (Fsp3) is 0.143. The fourth-order valence-electron chi connectivity index (χ4n) is 2.99. The third kappa shape index (κ3) is 3.11. The largest absolute Gasteiger partial charge is 0.381 e. The first-order valence-electron chi connectivity index (χ1n) is 8.20. The highest BCUT2D eigenvalue weighted by Crippen LogP contribution is 2.47. The second-order valence-corrected chi connectivity index (χ2v) is 7.36. The first-order chi connectivity index (χ1) is 12.2. The minimum Gasteiger partial charge on any atom is -0.381 e. The standard InChI is InChI=1S/C21H17N3S/c1-14-2-6-17(7-3-14)20-13-24-19-12-23-11-18(21(19)25-20)16-8-4-15(10-22)5-9-16/h2-9,11-12,20,24H,13H2,1H3. The molecule has 0 spiro atoms. The van der Waals surface area contributed by atoms with Gasteiger partial charge in [0.2, 0.25) is 0 Å². The van der Waals surface area contributed by atoms with E-state index in [1.54, 1.807) is 0 Å². The number of thioether (sulfide) groups is 1. The van der Waals surface area contributed by atoms with Crippen molar-refractivity contribution in [1.29, 1.82) is 5.26 Å². The zero-order chi connectivity index (χ0) is 17.2. The number of benzene rings is 2. The number of fused-ring (bicyclic) bond motifs is 1. The molecule has 2 heterocycles. The van der Waals surface area contributed by atoms with Crippen LogP contribution in [-0.4, -0.2) is 11.5 Å². The third-order valence-electron chi connectivity index (χ3n) is 4.41. The number of aromatic nitrogens is 1. The summed E-state index contributed by atoms with van der Waals surface area (Å²) in [6, 6.07) is 18.6. The molecule has 3 aromatic rings. The van der Waals surface area contributed by atoms with Gasteiger partial charge in [0.1, 0.15) is 0 Å². The second kappa shape index (κ2) is 6.62. The molecule has 4 heteroatoms. The predicted molar refractivity (Wildman–Crippen MR) is 103 cm³/mol. The first-order valence-corrected chi connectivity index (χ1v) is 9.08. The molecule has 0 fully saturated rings. The maximum Gasteiger partial charge on any atom is 0.0991 e. The molecule has 0 saturated carbocycles. The minimum atomic E-state index is 0.368. The number of nitrogens with zero attached hydrogens (tertiary/aromatic N) is 2. The maximum atomic E-state index is 8.99. The van der Waals surface area contributed by atoms with Crippen LogP contribution in [0.4, 0.5) is 5.69 Å². The highest BCUT2D eigenvalue weighted by atomic mass is 32.2. The van der Waals surface area contributed by atoms with Gasteiger partial charge in [0.25, 0.3) is 0 Å². The smallest absolute Gasteiger partial charge is 0.0991 e. The molecule has 1 aliphatic rings. The molecule has 0 aliphatic carbocycles. The first kappa shape index (κ1) is 15.7. The van der Waals surface area contributed by atoms with Crippen molar-refractivity contribution in [2.75, 3.05) is 11.9 Å². The molecular formula is C21H17N3S. The number of aryl methyl sites for hydroxylation is 1. The van der Waals surface area contributed by atoms with Gasteiger partial charge in [-0.1, -0.05) is 42.0 Å². The second-order valence-electron chi connectivity index (χ2n) is 6.15. The SMILES string of the molecule is Cc1ccc(C2CNc3cncc(-c4ccc(C#N)cc4)c3S2)cc1. The van der Waals surface area contributed by atoms with Crippen LogP contribution in [0.25, 0.3) is 11.1 Å². The van der Waals surface area contributed by atoms with E-state index in [1.807, 2.05) is 48.4 Å². The van der Waals surface area contributed by atoms with Crippen molar-refractivity contribution in [2.24, 2.45) is 0 Å². The number of nitrogens with one attached hydrogen (secondary N) is 1. The van der Waals surface area contributed by atoms with Gasteiger partial charge in [-0.3, -0.25) is 4.98 Å². The number of rotatable bonds is 2. The lowest BCUT2D eigenvalue weighted by molar-refractivity contribution is 0.959. The molecule has 2 aromatic carbocycles. The molecule has 4 rings (SSSR count). The third-order valence-corrected chi connectivity index (χ3v) is 5.81. The van der Waals surface area contributed by atoms with Crippen molar-refractivity contribution >= 4 is 17.4 Å². The molecular weight excluding hydrogens is 326 g/mol. The quantitative estimate of drug-likeness (QED) is 0.696. The Labute approximate surface area is 151 Å². The van der Waals surface area contributed by atoms with Crippen molar-refractivity contribution in [3.63, 3.8) is 0 Å².